The number of rotatable bonds is 6. The molecule has 0 radical (unpaired) electrons. The van der Waals surface area contributed by atoms with Crippen molar-refractivity contribution in [3.63, 3.8) is 0 Å². The lowest BCUT2D eigenvalue weighted by Crippen LogP contribution is -2.09. The lowest BCUT2D eigenvalue weighted by Gasteiger charge is -2.16. The Hall–Kier alpha value is -4.52. The van der Waals surface area contributed by atoms with E-state index in [1.807, 2.05) is 24.3 Å². The number of nitrogens with one attached hydrogen (secondary N) is 1. The summed E-state index contributed by atoms with van der Waals surface area (Å²) < 4.78 is 41.3. The summed E-state index contributed by atoms with van der Waals surface area (Å²) in [7, 11) is 0. The Morgan fingerprint density at radius 2 is 1.67 bits per heavy atom. The van der Waals surface area contributed by atoms with Crippen LogP contribution in [0.2, 0.25) is 0 Å². The van der Waals surface area contributed by atoms with Crippen LogP contribution >= 0.6 is 0 Å². The topological polar surface area (TPSA) is 54.9 Å². The van der Waals surface area contributed by atoms with Crippen molar-refractivity contribution in [3.05, 3.63) is 126 Å². The molecule has 2 aromatic heterocycles. The van der Waals surface area contributed by atoms with Crippen molar-refractivity contribution in [2.45, 2.75) is 12.7 Å². The van der Waals surface area contributed by atoms with Crippen LogP contribution in [0.1, 0.15) is 27.0 Å². The summed E-state index contributed by atoms with van der Waals surface area (Å²) in [4.78, 5) is 21.7. The van der Waals surface area contributed by atoms with E-state index < -0.39 is 11.7 Å². The number of hydrogen-bond acceptors (Lipinski definition) is 4. The first-order chi connectivity index (χ1) is 17.4. The first-order valence-electron chi connectivity index (χ1n) is 11.2. The van der Waals surface area contributed by atoms with E-state index >= 15 is 0 Å². The Kier molecular flexibility index (Phi) is 6.21. The third-order valence-electron chi connectivity index (χ3n) is 5.85. The molecule has 0 aliphatic heterocycles. The smallest absolute Gasteiger partial charge is 0.381 e. The maximum atomic E-state index is 13.8. The number of carbonyl (C=O) groups excluding carboxylic acids is 1. The molecule has 0 spiro atoms. The highest BCUT2D eigenvalue weighted by atomic mass is 19.4. The second-order valence-corrected chi connectivity index (χ2v) is 8.24. The van der Waals surface area contributed by atoms with Crippen molar-refractivity contribution in [2.24, 2.45) is 0 Å². The van der Waals surface area contributed by atoms with Crippen LogP contribution in [0, 0.1) is 0 Å². The first-order valence-corrected chi connectivity index (χ1v) is 11.2. The third-order valence-corrected chi connectivity index (χ3v) is 5.85. The van der Waals surface area contributed by atoms with E-state index in [0.29, 0.717) is 23.2 Å². The van der Waals surface area contributed by atoms with Crippen LogP contribution in [0.5, 0.6) is 0 Å². The van der Waals surface area contributed by atoms with E-state index in [-0.39, 0.29) is 22.2 Å². The average molecular weight is 483 g/mol. The number of pyridine rings is 2. The SMILES string of the molecule is O=C(c1ccccc1)c1cnc2c(C(F)(F)F)cccc2c1-c1cccc(NCc2cccnc2)c1. The number of fused-ring (bicyclic) bond motifs is 1. The van der Waals surface area contributed by atoms with Gasteiger partial charge < -0.3 is 5.32 Å². The van der Waals surface area contributed by atoms with Crippen molar-refractivity contribution in [1.82, 2.24) is 9.97 Å². The van der Waals surface area contributed by atoms with Crippen molar-refractivity contribution < 1.29 is 18.0 Å². The zero-order valence-corrected chi connectivity index (χ0v) is 19.0. The molecule has 0 saturated heterocycles. The standard InChI is InChI=1S/C29H20F3N3O/c30-29(31,32)25-13-5-12-23-26(24(18-35-27(23)25)28(36)20-8-2-1-3-9-20)21-10-4-11-22(15-21)34-17-19-7-6-14-33-16-19/h1-16,18,34H,17H2. The molecule has 5 aromatic rings. The molecule has 1 N–H and O–H groups in total. The van der Waals surface area contributed by atoms with Gasteiger partial charge in [0.05, 0.1) is 11.1 Å². The van der Waals surface area contributed by atoms with Gasteiger partial charge in [0.2, 0.25) is 0 Å². The van der Waals surface area contributed by atoms with Gasteiger partial charge in [0.25, 0.3) is 0 Å². The number of benzene rings is 3. The van der Waals surface area contributed by atoms with Gasteiger partial charge >= 0.3 is 6.18 Å². The number of halogens is 3. The van der Waals surface area contributed by atoms with Crippen LogP contribution in [0.3, 0.4) is 0 Å². The Morgan fingerprint density at radius 1 is 0.861 bits per heavy atom. The summed E-state index contributed by atoms with van der Waals surface area (Å²) >= 11 is 0. The number of carbonyl (C=O) groups is 1. The highest BCUT2D eigenvalue weighted by Crippen LogP contribution is 2.39. The number of para-hydroxylation sites is 1. The van der Waals surface area contributed by atoms with Crippen molar-refractivity contribution in [2.75, 3.05) is 5.32 Å². The van der Waals surface area contributed by atoms with Crippen LogP contribution in [0.25, 0.3) is 22.0 Å². The third kappa shape index (κ3) is 4.68. The van der Waals surface area contributed by atoms with Gasteiger partial charge in [0.1, 0.15) is 0 Å². The minimum absolute atomic E-state index is 0.196. The van der Waals surface area contributed by atoms with Gasteiger partial charge in [-0.15, -0.1) is 0 Å². The molecule has 0 aliphatic rings. The van der Waals surface area contributed by atoms with E-state index in [0.717, 1.165) is 17.3 Å². The Balaban J connectivity index is 1.67. The van der Waals surface area contributed by atoms with E-state index in [4.69, 9.17) is 0 Å². The number of nitrogens with zero attached hydrogens (tertiary/aromatic N) is 2. The summed E-state index contributed by atoms with van der Waals surface area (Å²) in [6, 6.07) is 23.6. The van der Waals surface area contributed by atoms with Crippen LogP contribution in [0.15, 0.2) is 104 Å². The zero-order chi connectivity index (χ0) is 25.1. The Bertz CT molecular complexity index is 1530. The molecule has 0 unspecified atom stereocenters. The predicted octanol–water partition coefficient (Wildman–Crippen LogP) is 7.16. The van der Waals surface area contributed by atoms with E-state index in [1.165, 1.54) is 12.3 Å². The van der Waals surface area contributed by atoms with Gasteiger partial charge in [0.15, 0.2) is 5.78 Å². The monoisotopic (exact) mass is 483 g/mol. The summed E-state index contributed by atoms with van der Waals surface area (Å²) in [6.45, 7) is 0.516. The fourth-order valence-corrected chi connectivity index (χ4v) is 4.17. The molecule has 0 amide bonds. The lowest BCUT2D eigenvalue weighted by atomic mass is 9.91. The number of alkyl halides is 3. The van der Waals surface area contributed by atoms with Crippen LogP contribution in [0.4, 0.5) is 18.9 Å². The highest BCUT2D eigenvalue weighted by molar-refractivity contribution is 6.16. The second-order valence-electron chi connectivity index (χ2n) is 8.24. The van der Waals surface area contributed by atoms with Crippen LogP contribution in [-0.4, -0.2) is 15.8 Å². The summed E-state index contributed by atoms with van der Waals surface area (Å²) in [5, 5.41) is 3.57. The number of anilines is 1. The van der Waals surface area contributed by atoms with E-state index in [1.54, 1.807) is 60.9 Å². The normalized spacial score (nSPS) is 11.4. The molecular weight excluding hydrogens is 463 g/mol. The molecule has 178 valence electrons. The molecule has 0 saturated carbocycles. The molecular formula is C29H20F3N3O. The minimum Gasteiger partial charge on any atom is -0.381 e. The zero-order valence-electron chi connectivity index (χ0n) is 19.0. The summed E-state index contributed by atoms with van der Waals surface area (Å²) in [6.07, 6.45) is 0.113. The summed E-state index contributed by atoms with van der Waals surface area (Å²) in [5.74, 6) is -0.314. The fraction of sp³-hybridized carbons (Fsp3) is 0.0690. The van der Waals surface area contributed by atoms with Gasteiger partial charge in [-0.1, -0.05) is 60.7 Å². The fourth-order valence-electron chi connectivity index (χ4n) is 4.17. The molecule has 0 atom stereocenters. The number of aromatic nitrogens is 2. The molecule has 4 nitrogen and oxygen atoms in total. The molecule has 3 aromatic carbocycles. The van der Waals surface area contributed by atoms with Gasteiger partial charge in [-0.3, -0.25) is 14.8 Å². The van der Waals surface area contributed by atoms with Gasteiger partial charge in [-0.2, -0.15) is 13.2 Å². The first kappa shape index (κ1) is 23.2. The maximum absolute atomic E-state index is 13.8. The van der Waals surface area contributed by atoms with Crippen LogP contribution < -0.4 is 5.32 Å². The Labute approximate surface area is 205 Å². The van der Waals surface area contributed by atoms with Crippen molar-refractivity contribution in [1.29, 1.82) is 0 Å². The van der Waals surface area contributed by atoms with Gasteiger partial charge in [-0.05, 0) is 35.4 Å². The second kappa shape index (κ2) is 9.62. The molecule has 36 heavy (non-hydrogen) atoms. The lowest BCUT2D eigenvalue weighted by molar-refractivity contribution is -0.136. The van der Waals surface area contributed by atoms with Crippen molar-refractivity contribution >= 4 is 22.4 Å². The Morgan fingerprint density at radius 3 is 2.42 bits per heavy atom. The quantitative estimate of drug-likeness (QED) is 0.261. The molecule has 0 fully saturated rings. The average Bonchev–Trinajstić information content (AvgIpc) is 2.91. The highest BCUT2D eigenvalue weighted by Gasteiger charge is 2.34. The molecule has 0 aliphatic carbocycles. The van der Waals surface area contributed by atoms with E-state index in [9.17, 15) is 18.0 Å². The molecule has 0 bridgehead atoms. The summed E-state index contributed by atoms with van der Waals surface area (Å²) in [5.41, 5.74) is 2.37. The molecule has 7 heteroatoms. The van der Waals surface area contributed by atoms with E-state index in [2.05, 4.69) is 15.3 Å². The van der Waals surface area contributed by atoms with Crippen molar-refractivity contribution in [3.8, 4) is 11.1 Å². The molecule has 5 rings (SSSR count). The van der Waals surface area contributed by atoms with Crippen LogP contribution in [-0.2, 0) is 12.7 Å². The largest absolute Gasteiger partial charge is 0.418 e. The molecule has 2 heterocycles. The minimum atomic E-state index is -4.58. The predicted molar refractivity (Wildman–Crippen MR) is 134 cm³/mol. The maximum Gasteiger partial charge on any atom is 0.418 e. The van der Waals surface area contributed by atoms with Gasteiger partial charge in [-0.25, -0.2) is 0 Å². The number of ketones is 1. The van der Waals surface area contributed by atoms with Gasteiger partial charge in [0, 0.05) is 52.9 Å². The number of hydrogen-bond donors (Lipinski definition) is 1.